The van der Waals surface area contributed by atoms with Crippen molar-refractivity contribution in [3.05, 3.63) is 53.0 Å². The number of halogens is 1. The van der Waals surface area contributed by atoms with Gasteiger partial charge >= 0.3 is 5.97 Å². The fourth-order valence-electron chi connectivity index (χ4n) is 2.73. The zero-order chi connectivity index (χ0) is 18.7. The average molecular weight is 450 g/mol. The van der Waals surface area contributed by atoms with Crippen LogP contribution in [0.4, 0.5) is 0 Å². The molecular formula is C19H20BrN3O3S. The van der Waals surface area contributed by atoms with Gasteiger partial charge in [0.1, 0.15) is 6.04 Å². The van der Waals surface area contributed by atoms with Crippen LogP contribution >= 0.6 is 28.3 Å². The van der Waals surface area contributed by atoms with Gasteiger partial charge in [-0.15, -0.1) is 28.3 Å². The summed E-state index contributed by atoms with van der Waals surface area (Å²) in [5.74, 6) is -1.50. The number of nitrogens with two attached hydrogens (primary N) is 1. The first-order valence-corrected chi connectivity index (χ1v) is 9.06. The first kappa shape index (κ1) is 21.0. The van der Waals surface area contributed by atoms with E-state index < -0.39 is 12.0 Å². The maximum Gasteiger partial charge on any atom is 0.322 e. The van der Waals surface area contributed by atoms with Crippen molar-refractivity contribution in [2.24, 2.45) is 5.73 Å². The lowest BCUT2D eigenvalue weighted by atomic mass is 9.99. The molecule has 3 aromatic rings. The topological polar surface area (TPSA) is 105 Å². The standard InChI is InChI=1S/C19H19N3O3S.BrH/c1-2-11-5-3-4-6-12(11)13-7-8-21-15-9-16(26-17(13)15)18(23)22-10-14(20)19(24)25;/h3-9,14H,2,10,20H2,1H3,(H,22,23)(H,24,25);1H/t14-;/m1./s1. The number of rotatable bonds is 6. The number of carbonyl (C=O) groups excluding carboxylic acids is 1. The normalized spacial score (nSPS) is 11.6. The Morgan fingerprint density at radius 3 is 2.70 bits per heavy atom. The predicted octanol–water partition coefficient (Wildman–Crippen LogP) is 3.25. The van der Waals surface area contributed by atoms with Crippen molar-refractivity contribution >= 4 is 50.4 Å². The minimum absolute atomic E-state index is 0. The molecule has 0 bridgehead atoms. The SMILES string of the molecule is Br.CCc1ccccc1-c1ccnc2cc(C(=O)NC[C@@H](N)C(=O)O)sc12. The molecule has 0 spiro atoms. The molecule has 2 aromatic heterocycles. The van der Waals surface area contributed by atoms with Crippen LogP contribution in [0.1, 0.15) is 22.2 Å². The highest BCUT2D eigenvalue weighted by Crippen LogP contribution is 2.35. The van der Waals surface area contributed by atoms with E-state index in [-0.39, 0.29) is 29.4 Å². The number of hydrogen-bond acceptors (Lipinski definition) is 5. The largest absolute Gasteiger partial charge is 0.480 e. The van der Waals surface area contributed by atoms with Crippen LogP contribution in [0.2, 0.25) is 0 Å². The first-order chi connectivity index (χ1) is 12.5. The van der Waals surface area contributed by atoms with E-state index in [4.69, 9.17) is 10.8 Å². The Hall–Kier alpha value is -2.29. The number of nitrogens with zero attached hydrogens (tertiary/aromatic N) is 1. The molecule has 3 rings (SSSR count). The van der Waals surface area contributed by atoms with Crippen LogP contribution < -0.4 is 11.1 Å². The zero-order valence-electron chi connectivity index (χ0n) is 14.6. The van der Waals surface area contributed by atoms with Crippen LogP contribution in [-0.2, 0) is 11.2 Å². The lowest BCUT2D eigenvalue weighted by molar-refractivity contribution is -0.138. The summed E-state index contributed by atoms with van der Waals surface area (Å²) < 4.78 is 0.932. The summed E-state index contributed by atoms with van der Waals surface area (Å²) in [7, 11) is 0. The minimum atomic E-state index is -1.15. The summed E-state index contributed by atoms with van der Waals surface area (Å²) in [6.45, 7) is 1.98. The monoisotopic (exact) mass is 449 g/mol. The fourth-order valence-corrected chi connectivity index (χ4v) is 3.79. The Labute approximate surface area is 171 Å². The second-order valence-electron chi connectivity index (χ2n) is 5.85. The van der Waals surface area contributed by atoms with Crippen molar-refractivity contribution in [1.29, 1.82) is 0 Å². The van der Waals surface area contributed by atoms with E-state index in [9.17, 15) is 9.59 Å². The molecule has 0 aliphatic rings. The minimum Gasteiger partial charge on any atom is -0.480 e. The molecule has 27 heavy (non-hydrogen) atoms. The highest BCUT2D eigenvalue weighted by molar-refractivity contribution is 8.93. The number of benzene rings is 1. The van der Waals surface area contributed by atoms with Gasteiger partial charge in [-0.2, -0.15) is 0 Å². The maximum absolute atomic E-state index is 12.3. The van der Waals surface area contributed by atoms with Crippen molar-refractivity contribution in [3.63, 3.8) is 0 Å². The molecule has 6 nitrogen and oxygen atoms in total. The summed E-state index contributed by atoms with van der Waals surface area (Å²) in [5, 5.41) is 11.4. The molecule has 1 atom stereocenters. The Kier molecular flexibility index (Phi) is 7.06. The number of aromatic nitrogens is 1. The van der Waals surface area contributed by atoms with Crippen LogP contribution in [0, 0.1) is 0 Å². The van der Waals surface area contributed by atoms with Gasteiger partial charge in [-0.3, -0.25) is 14.6 Å². The summed E-state index contributed by atoms with van der Waals surface area (Å²) in [5.41, 5.74) is 9.57. The molecular weight excluding hydrogens is 430 g/mol. The third-order valence-electron chi connectivity index (χ3n) is 4.12. The van der Waals surface area contributed by atoms with Gasteiger partial charge in [0, 0.05) is 18.3 Å². The lowest BCUT2D eigenvalue weighted by Gasteiger charge is -2.08. The summed E-state index contributed by atoms with van der Waals surface area (Å²) >= 11 is 1.34. The lowest BCUT2D eigenvalue weighted by Crippen LogP contribution is -2.42. The number of pyridine rings is 1. The number of amides is 1. The Balaban J connectivity index is 0.00000261. The highest BCUT2D eigenvalue weighted by atomic mass is 79.9. The summed E-state index contributed by atoms with van der Waals surface area (Å²) in [4.78, 5) is 27.9. The van der Waals surface area contributed by atoms with Crippen LogP contribution in [-0.4, -0.2) is 34.6 Å². The van der Waals surface area contributed by atoms with Gasteiger partial charge in [0.2, 0.25) is 0 Å². The smallest absolute Gasteiger partial charge is 0.322 e. The number of nitrogens with one attached hydrogen (secondary N) is 1. The first-order valence-electron chi connectivity index (χ1n) is 8.24. The summed E-state index contributed by atoms with van der Waals surface area (Å²) in [6.07, 6.45) is 2.64. The van der Waals surface area contributed by atoms with Crippen molar-refractivity contribution in [1.82, 2.24) is 10.3 Å². The summed E-state index contributed by atoms with van der Waals surface area (Å²) in [6, 6.07) is 10.7. The number of hydrogen-bond donors (Lipinski definition) is 3. The van der Waals surface area contributed by atoms with Crippen LogP contribution in [0.15, 0.2) is 42.6 Å². The molecule has 0 aliphatic heterocycles. The number of carbonyl (C=O) groups is 2. The highest BCUT2D eigenvalue weighted by Gasteiger charge is 2.17. The van der Waals surface area contributed by atoms with Gasteiger partial charge in [0.15, 0.2) is 0 Å². The Morgan fingerprint density at radius 1 is 1.26 bits per heavy atom. The van der Waals surface area contributed by atoms with E-state index >= 15 is 0 Å². The third-order valence-corrected chi connectivity index (χ3v) is 5.28. The fraction of sp³-hybridized carbons (Fsp3) is 0.211. The maximum atomic E-state index is 12.3. The average Bonchev–Trinajstić information content (AvgIpc) is 3.10. The van der Waals surface area contributed by atoms with E-state index in [0.717, 1.165) is 27.8 Å². The molecule has 142 valence electrons. The molecule has 2 heterocycles. The van der Waals surface area contributed by atoms with E-state index in [1.165, 1.54) is 16.9 Å². The van der Waals surface area contributed by atoms with E-state index in [1.54, 1.807) is 12.3 Å². The van der Waals surface area contributed by atoms with Crippen molar-refractivity contribution in [2.75, 3.05) is 6.54 Å². The number of aryl methyl sites for hydroxylation is 1. The van der Waals surface area contributed by atoms with Crippen molar-refractivity contribution in [3.8, 4) is 11.1 Å². The van der Waals surface area contributed by atoms with Gasteiger partial charge < -0.3 is 16.2 Å². The molecule has 0 fully saturated rings. The molecule has 0 saturated carbocycles. The number of aliphatic carboxylic acids is 1. The second-order valence-corrected chi connectivity index (χ2v) is 6.90. The molecule has 8 heteroatoms. The number of carboxylic acids is 1. The van der Waals surface area contributed by atoms with Crippen molar-refractivity contribution < 1.29 is 14.7 Å². The molecule has 1 amide bonds. The Bertz CT molecular complexity index is 974. The predicted molar refractivity (Wildman–Crippen MR) is 113 cm³/mol. The molecule has 0 aliphatic carbocycles. The van der Waals surface area contributed by atoms with Gasteiger partial charge in [-0.05, 0) is 29.7 Å². The van der Waals surface area contributed by atoms with Gasteiger partial charge in [0.25, 0.3) is 5.91 Å². The number of fused-ring (bicyclic) bond motifs is 1. The molecule has 4 N–H and O–H groups in total. The van der Waals surface area contributed by atoms with Crippen LogP contribution in [0.3, 0.4) is 0 Å². The van der Waals surface area contributed by atoms with Gasteiger partial charge in [-0.1, -0.05) is 31.2 Å². The van der Waals surface area contributed by atoms with E-state index in [2.05, 4.69) is 29.4 Å². The quantitative estimate of drug-likeness (QED) is 0.535. The number of thiophene rings is 1. The Morgan fingerprint density at radius 2 is 2.00 bits per heavy atom. The van der Waals surface area contributed by atoms with Crippen LogP contribution in [0.25, 0.3) is 21.3 Å². The second kappa shape index (κ2) is 9.07. The molecule has 0 saturated heterocycles. The molecule has 1 aromatic carbocycles. The van der Waals surface area contributed by atoms with Gasteiger partial charge in [0.05, 0.1) is 15.1 Å². The molecule has 0 unspecified atom stereocenters. The van der Waals surface area contributed by atoms with E-state index in [0.29, 0.717) is 4.88 Å². The van der Waals surface area contributed by atoms with Crippen molar-refractivity contribution in [2.45, 2.75) is 19.4 Å². The third kappa shape index (κ3) is 4.52. The molecule has 0 radical (unpaired) electrons. The zero-order valence-corrected chi connectivity index (χ0v) is 17.2. The van der Waals surface area contributed by atoms with E-state index in [1.807, 2.05) is 18.2 Å². The number of carboxylic acid groups (broad SMARTS) is 1. The van der Waals surface area contributed by atoms with Gasteiger partial charge in [-0.25, -0.2) is 0 Å². The van der Waals surface area contributed by atoms with Crippen LogP contribution in [0.5, 0.6) is 0 Å².